The fourth-order valence-electron chi connectivity index (χ4n) is 4.15. The van der Waals surface area contributed by atoms with Crippen LogP contribution < -0.4 is 10.6 Å². The summed E-state index contributed by atoms with van der Waals surface area (Å²) in [5, 5.41) is 7.02. The minimum Gasteiger partial charge on any atom is -0.351 e. The minimum absolute atomic E-state index is 0.0233. The highest BCUT2D eigenvalue weighted by Gasteiger charge is 2.42. The number of anilines is 1. The van der Waals surface area contributed by atoms with E-state index in [1.807, 2.05) is 12.1 Å². The molecule has 0 spiro atoms. The fraction of sp³-hybridized carbons (Fsp3) is 0.600. The molecular formula is C20H28N4O3S2. The van der Waals surface area contributed by atoms with Gasteiger partial charge in [0.25, 0.3) is 5.91 Å². The molecule has 9 heteroatoms. The second kappa shape index (κ2) is 8.65. The van der Waals surface area contributed by atoms with E-state index in [-0.39, 0.29) is 28.7 Å². The van der Waals surface area contributed by atoms with Gasteiger partial charge in [0.1, 0.15) is 0 Å². The predicted octanol–water partition coefficient (Wildman–Crippen LogP) is 1.97. The number of nitrogens with one attached hydrogen (secondary N) is 2. The van der Waals surface area contributed by atoms with E-state index in [4.69, 9.17) is 0 Å². The third-order valence-electron chi connectivity index (χ3n) is 5.84. The quantitative estimate of drug-likeness (QED) is 0.733. The van der Waals surface area contributed by atoms with Crippen molar-refractivity contribution < 1.29 is 13.2 Å². The molecule has 1 aromatic rings. The molecule has 1 aromatic carbocycles. The molecule has 29 heavy (non-hydrogen) atoms. The van der Waals surface area contributed by atoms with Crippen LogP contribution in [0, 0.1) is 0 Å². The van der Waals surface area contributed by atoms with Gasteiger partial charge in [-0.15, -0.1) is 0 Å². The summed E-state index contributed by atoms with van der Waals surface area (Å²) in [5.74, 6) is 0.283. The Labute approximate surface area is 176 Å². The number of rotatable bonds is 5. The van der Waals surface area contributed by atoms with E-state index in [9.17, 15) is 13.2 Å². The Bertz CT molecular complexity index is 885. The Hall–Kier alpha value is -1.58. The first-order valence-electron chi connectivity index (χ1n) is 10.2. The van der Waals surface area contributed by atoms with Crippen molar-refractivity contribution >= 4 is 38.4 Å². The number of piperidine rings is 1. The van der Waals surface area contributed by atoms with Crippen LogP contribution in [0.3, 0.4) is 0 Å². The zero-order valence-corrected chi connectivity index (χ0v) is 18.3. The van der Waals surface area contributed by atoms with Crippen LogP contribution >= 0.6 is 11.8 Å². The average molecular weight is 437 g/mol. The normalized spacial score (nSPS) is 28.6. The van der Waals surface area contributed by atoms with Gasteiger partial charge in [0.15, 0.2) is 15.0 Å². The molecule has 3 heterocycles. The number of likely N-dealkylation sites (tertiary alicyclic amines) is 1. The Balaban J connectivity index is 1.25. The molecule has 0 radical (unpaired) electrons. The first kappa shape index (κ1) is 20.7. The summed E-state index contributed by atoms with van der Waals surface area (Å²) in [7, 11) is -2.94. The molecule has 158 valence electrons. The van der Waals surface area contributed by atoms with Crippen LogP contribution in [-0.4, -0.2) is 72.9 Å². The van der Waals surface area contributed by atoms with Gasteiger partial charge in [-0.25, -0.2) is 8.42 Å². The lowest BCUT2D eigenvalue weighted by Crippen LogP contribution is -2.42. The van der Waals surface area contributed by atoms with Crippen molar-refractivity contribution in [2.24, 2.45) is 4.99 Å². The van der Waals surface area contributed by atoms with Gasteiger partial charge < -0.3 is 10.6 Å². The highest BCUT2D eigenvalue weighted by molar-refractivity contribution is 8.15. The minimum atomic E-state index is -2.94. The lowest BCUT2D eigenvalue weighted by molar-refractivity contribution is 0.0938. The van der Waals surface area contributed by atoms with Gasteiger partial charge in [-0.2, -0.15) is 0 Å². The summed E-state index contributed by atoms with van der Waals surface area (Å²) in [5.41, 5.74) is 1.48. The molecule has 0 aliphatic carbocycles. The van der Waals surface area contributed by atoms with Gasteiger partial charge in [-0.1, -0.05) is 18.2 Å². The van der Waals surface area contributed by atoms with E-state index < -0.39 is 9.84 Å². The van der Waals surface area contributed by atoms with E-state index in [1.165, 1.54) is 31.0 Å². The highest BCUT2D eigenvalue weighted by atomic mass is 32.2. The van der Waals surface area contributed by atoms with Gasteiger partial charge in [0.05, 0.1) is 17.5 Å². The van der Waals surface area contributed by atoms with Gasteiger partial charge in [0, 0.05) is 35.6 Å². The smallest absolute Gasteiger partial charge is 0.251 e. The second-order valence-corrected chi connectivity index (χ2v) is 11.5. The number of carbonyl (C=O) groups is 1. The first-order chi connectivity index (χ1) is 13.9. The Kier molecular flexibility index (Phi) is 6.17. The monoisotopic (exact) mass is 436 g/mol. The Morgan fingerprint density at radius 2 is 2.03 bits per heavy atom. The maximum atomic E-state index is 12.4. The number of hydrogen-bond acceptors (Lipinski definition) is 7. The van der Waals surface area contributed by atoms with Crippen LogP contribution in [0.15, 0.2) is 29.3 Å². The lowest BCUT2D eigenvalue weighted by Gasteiger charge is -2.33. The number of hydrogen-bond donors (Lipinski definition) is 2. The summed E-state index contributed by atoms with van der Waals surface area (Å²) in [6.45, 7) is 4.92. The number of thioether (sulfide) groups is 1. The number of sulfone groups is 1. The number of nitrogens with zero attached hydrogens (tertiary/aromatic N) is 2. The number of fused-ring (bicyclic) bond motifs is 1. The number of amides is 1. The molecule has 3 unspecified atom stereocenters. The maximum Gasteiger partial charge on any atom is 0.251 e. The lowest BCUT2D eigenvalue weighted by atomic mass is 10.0. The highest BCUT2D eigenvalue weighted by Crippen LogP contribution is 2.34. The van der Waals surface area contributed by atoms with Crippen molar-refractivity contribution in [1.29, 1.82) is 0 Å². The van der Waals surface area contributed by atoms with Crippen molar-refractivity contribution in [2.75, 3.05) is 36.5 Å². The van der Waals surface area contributed by atoms with Crippen molar-refractivity contribution in [2.45, 2.75) is 43.5 Å². The van der Waals surface area contributed by atoms with E-state index >= 15 is 0 Å². The Morgan fingerprint density at radius 1 is 1.24 bits per heavy atom. The van der Waals surface area contributed by atoms with E-state index in [2.05, 4.69) is 27.4 Å². The molecule has 0 bridgehead atoms. The molecule has 2 fully saturated rings. The molecule has 1 amide bonds. The third-order valence-corrected chi connectivity index (χ3v) is 8.98. The van der Waals surface area contributed by atoms with Crippen molar-refractivity contribution in [3.63, 3.8) is 0 Å². The van der Waals surface area contributed by atoms with Gasteiger partial charge in [0.2, 0.25) is 0 Å². The maximum absolute atomic E-state index is 12.4. The van der Waals surface area contributed by atoms with Crippen LogP contribution in [0.4, 0.5) is 5.69 Å². The molecule has 4 rings (SSSR count). The molecule has 0 aromatic heterocycles. The summed E-state index contributed by atoms with van der Waals surface area (Å²) < 4.78 is 23.3. The van der Waals surface area contributed by atoms with Crippen molar-refractivity contribution in [1.82, 2.24) is 10.2 Å². The van der Waals surface area contributed by atoms with E-state index in [0.717, 1.165) is 23.9 Å². The Morgan fingerprint density at radius 3 is 2.76 bits per heavy atom. The molecule has 3 aliphatic heterocycles. The van der Waals surface area contributed by atoms with Gasteiger partial charge >= 0.3 is 0 Å². The largest absolute Gasteiger partial charge is 0.351 e. The number of benzene rings is 1. The number of carbonyl (C=O) groups excluding carboxylic acids is 1. The standard InChI is InChI=1S/C20H28N4O3S2/c1-14-4-2-3-10-24(14)11-9-21-19(25)15-5-7-16(8-6-15)22-20-23-17-12-29(26,27)13-18(17)28-20/h5-8,14,17-18H,2-4,9-13H2,1H3,(H,21,25)(H,22,23). The SMILES string of the molecule is CC1CCCCN1CCNC(=O)c1ccc(NC2=NC3CS(=O)(=O)CC3S2)cc1. The summed E-state index contributed by atoms with van der Waals surface area (Å²) in [4.78, 5) is 19.3. The molecule has 0 saturated carbocycles. The van der Waals surface area contributed by atoms with Crippen LogP contribution in [0.5, 0.6) is 0 Å². The van der Waals surface area contributed by atoms with Crippen LogP contribution in [0.2, 0.25) is 0 Å². The number of aliphatic imine (C=N–C) groups is 1. The van der Waals surface area contributed by atoms with Crippen LogP contribution in [-0.2, 0) is 9.84 Å². The third kappa shape index (κ3) is 5.13. The van der Waals surface area contributed by atoms with E-state index in [0.29, 0.717) is 18.2 Å². The van der Waals surface area contributed by atoms with Crippen LogP contribution in [0.25, 0.3) is 0 Å². The van der Waals surface area contributed by atoms with Gasteiger partial charge in [-0.3, -0.25) is 14.7 Å². The zero-order chi connectivity index (χ0) is 20.4. The summed E-state index contributed by atoms with van der Waals surface area (Å²) >= 11 is 1.49. The number of amidine groups is 1. The van der Waals surface area contributed by atoms with Gasteiger partial charge in [-0.05, 0) is 50.6 Å². The summed E-state index contributed by atoms with van der Waals surface area (Å²) in [6, 6.07) is 7.77. The summed E-state index contributed by atoms with van der Waals surface area (Å²) in [6.07, 6.45) is 3.78. The molecule has 2 saturated heterocycles. The fourth-order valence-corrected chi connectivity index (χ4v) is 7.83. The average Bonchev–Trinajstić information content (AvgIpc) is 3.16. The molecular weight excluding hydrogens is 408 g/mol. The zero-order valence-electron chi connectivity index (χ0n) is 16.6. The molecule has 2 N–H and O–H groups in total. The van der Waals surface area contributed by atoms with Crippen molar-refractivity contribution in [3.05, 3.63) is 29.8 Å². The molecule has 3 atom stereocenters. The van der Waals surface area contributed by atoms with Crippen molar-refractivity contribution in [3.8, 4) is 0 Å². The molecule has 3 aliphatic rings. The first-order valence-corrected chi connectivity index (χ1v) is 12.9. The predicted molar refractivity (Wildman–Crippen MR) is 119 cm³/mol. The molecule has 7 nitrogen and oxygen atoms in total. The van der Waals surface area contributed by atoms with E-state index in [1.54, 1.807) is 12.1 Å². The topological polar surface area (TPSA) is 90.9 Å². The van der Waals surface area contributed by atoms with Crippen LogP contribution in [0.1, 0.15) is 36.5 Å². The second-order valence-electron chi connectivity index (χ2n) is 8.07.